The zero-order valence-corrected chi connectivity index (χ0v) is 10.3. The van der Waals surface area contributed by atoms with Crippen LogP contribution in [-0.2, 0) is 25.5 Å². The summed E-state index contributed by atoms with van der Waals surface area (Å²) in [5, 5.41) is 0. The lowest BCUT2D eigenvalue weighted by molar-refractivity contribution is 0.391. The molecule has 16 heavy (non-hydrogen) atoms. The Morgan fingerprint density at radius 2 is 1.94 bits per heavy atom. The van der Waals surface area contributed by atoms with E-state index in [9.17, 15) is 12.6 Å². The van der Waals surface area contributed by atoms with Crippen molar-refractivity contribution in [3.8, 4) is 0 Å². The normalized spacial score (nSPS) is 22.4. The van der Waals surface area contributed by atoms with Gasteiger partial charge in [0.05, 0.1) is 18.0 Å². The number of sulfonamides is 1. The van der Waals surface area contributed by atoms with Crippen LogP contribution in [0.2, 0.25) is 0 Å². The van der Waals surface area contributed by atoms with Gasteiger partial charge in [0, 0.05) is 0 Å². The summed E-state index contributed by atoms with van der Waals surface area (Å²) in [5.74, 6) is 0. The molecule has 0 N–H and O–H groups in total. The van der Waals surface area contributed by atoms with Crippen molar-refractivity contribution in [3.63, 3.8) is 0 Å². The van der Waals surface area contributed by atoms with Crippen LogP contribution in [0.15, 0.2) is 29.2 Å². The molecule has 1 unspecified atom stereocenters. The number of benzene rings is 1. The fourth-order valence-electron chi connectivity index (χ4n) is 1.34. The van der Waals surface area contributed by atoms with Crippen LogP contribution < -0.4 is 0 Å². The molecule has 88 valence electrons. The average Bonchev–Trinajstić information content (AvgIpc) is 2.66. The van der Waals surface area contributed by atoms with E-state index in [1.807, 2.05) is 6.92 Å². The third-order valence-corrected chi connectivity index (χ3v) is 5.64. The van der Waals surface area contributed by atoms with Crippen LogP contribution in [-0.4, -0.2) is 29.5 Å². The molecule has 1 aromatic rings. The Kier molecular flexibility index (Phi) is 3.11. The highest BCUT2D eigenvalue weighted by atomic mass is 32.3. The largest absolute Gasteiger partial charge is 0.276 e. The van der Waals surface area contributed by atoms with Gasteiger partial charge in [0.25, 0.3) is 21.3 Å². The third-order valence-electron chi connectivity index (χ3n) is 2.21. The van der Waals surface area contributed by atoms with Gasteiger partial charge in [-0.25, -0.2) is 12.6 Å². The second kappa shape index (κ2) is 4.25. The molecule has 1 aliphatic heterocycles. The predicted octanol–water partition coefficient (Wildman–Crippen LogP) is 0.595. The molecule has 0 radical (unpaired) electrons. The van der Waals surface area contributed by atoms with Crippen molar-refractivity contribution in [3.05, 3.63) is 29.8 Å². The maximum atomic E-state index is 12.0. The fraction of sp³-hybridized carbons (Fsp3) is 0.333. The number of hydrogen-bond donors (Lipinski definition) is 0. The fourth-order valence-corrected chi connectivity index (χ4v) is 3.96. The first-order chi connectivity index (χ1) is 7.51. The van der Waals surface area contributed by atoms with E-state index in [1.54, 1.807) is 12.1 Å². The summed E-state index contributed by atoms with van der Waals surface area (Å²) in [6.45, 7) is 2.16. The molecule has 0 aliphatic carbocycles. The van der Waals surface area contributed by atoms with E-state index in [0.717, 1.165) is 9.27 Å². The molecule has 1 heterocycles. The second-order valence-electron chi connectivity index (χ2n) is 3.38. The first-order valence-corrected chi connectivity index (χ1v) is 7.13. The van der Waals surface area contributed by atoms with Crippen molar-refractivity contribution in [2.75, 3.05) is 13.2 Å². The van der Waals surface area contributed by atoms with Crippen molar-refractivity contribution in [2.24, 2.45) is 0 Å². The number of aryl methyl sites for hydroxylation is 1. The molecular formula is C9H11NO4S2. The highest BCUT2D eigenvalue weighted by Crippen LogP contribution is 2.21. The molecule has 0 spiro atoms. The van der Waals surface area contributed by atoms with Crippen LogP contribution >= 0.6 is 0 Å². The van der Waals surface area contributed by atoms with E-state index in [1.165, 1.54) is 12.1 Å². The van der Waals surface area contributed by atoms with E-state index in [-0.39, 0.29) is 18.0 Å². The molecule has 1 fully saturated rings. The second-order valence-corrected chi connectivity index (χ2v) is 6.59. The van der Waals surface area contributed by atoms with Gasteiger partial charge in [-0.15, -0.1) is 0 Å². The van der Waals surface area contributed by atoms with Crippen LogP contribution in [0.1, 0.15) is 5.56 Å². The Bertz CT molecular complexity index is 509. The van der Waals surface area contributed by atoms with Gasteiger partial charge in [-0.05, 0) is 19.1 Å². The molecule has 1 aromatic carbocycles. The highest BCUT2D eigenvalue weighted by Gasteiger charge is 2.34. The van der Waals surface area contributed by atoms with Crippen LogP contribution in [0.3, 0.4) is 0 Å². The van der Waals surface area contributed by atoms with Crippen LogP contribution in [0.25, 0.3) is 0 Å². The van der Waals surface area contributed by atoms with Gasteiger partial charge in [-0.2, -0.15) is 0 Å². The minimum Gasteiger partial charge on any atom is -0.276 e. The lowest BCUT2D eigenvalue weighted by Gasteiger charge is -2.11. The Morgan fingerprint density at radius 1 is 1.31 bits per heavy atom. The van der Waals surface area contributed by atoms with Crippen molar-refractivity contribution >= 4 is 21.3 Å². The monoisotopic (exact) mass is 261 g/mol. The highest BCUT2D eigenvalue weighted by molar-refractivity contribution is 7.99. The Balaban J connectivity index is 2.39. The standard InChI is InChI=1S/C9H11NO4S2/c1-8-2-4-9(5-3-8)16(12,13)10-6-7-14-15(10)11/h2-5H,6-7H2,1H3. The van der Waals surface area contributed by atoms with E-state index in [4.69, 9.17) is 4.18 Å². The van der Waals surface area contributed by atoms with Crippen molar-refractivity contribution < 1.29 is 16.8 Å². The summed E-state index contributed by atoms with van der Waals surface area (Å²) in [7, 11) is -3.70. The Hall–Kier alpha value is -0.760. The van der Waals surface area contributed by atoms with Gasteiger partial charge in [0.2, 0.25) is 0 Å². The topological polar surface area (TPSA) is 63.7 Å². The van der Waals surface area contributed by atoms with Crippen LogP contribution in [0.5, 0.6) is 0 Å². The van der Waals surface area contributed by atoms with Gasteiger partial charge >= 0.3 is 0 Å². The average molecular weight is 261 g/mol. The zero-order chi connectivity index (χ0) is 11.8. The number of hydrogen-bond acceptors (Lipinski definition) is 4. The minimum absolute atomic E-state index is 0.128. The first-order valence-electron chi connectivity index (χ1n) is 4.66. The molecule has 0 amide bonds. The molecule has 5 nitrogen and oxygen atoms in total. The smallest absolute Gasteiger partial charge is 0.256 e. The predicted molar refractivity (Wildman–Crippen MR) is 59.2 cm³/mol. The van der Waals surface area contributed by atoms with Crippen LogP contribution in [0.4, 0.5) is 0 Å². The van der Waals surface area contributed by atoms with Gasteiger partial charge in [-0.3, -0.25) is 4.18 Å². The SMILES string of the molecule is Cc1ccc(S(=O)(=O)N2CCOS2=O)cc1. The lowest BCUT2D eigenvalue weighted by Crippen LogP contribution is -2.28. The zero-order valence-electron chi connectivity index (χ0n) is 8.62. The molecular weight excluding hydrogens is 250 g/mol. The first kappa shape index (κ1) is 11.7. The molecule has 0 aromatic heterocycles. The summed E-state index contributed by atoms with van der Waals surface area (Å²) >= 11 is -1.89. The Morgan fingerprint density at radius 3 is 2.44 bits per heavy atom. The van der Waals surface area contributed by atoms with Gasteiger partial charge in [0.1, 0.15) is 0 Å². The maximum Gasteiger partial charge on any atom is 0.256 e. The summed E-state index contributed by atoms with van der Waals surface area (Å²) in [6, 6.07) is 6.40. The summed E-state index contributed by atoms with van der Waals surface area (Å²) in [6.07, 6.45) is 0. The molecule has 0 bridgehead atoms. The number of nitrogens with zero attached hydrogens (tertiary/aromatic N) is 1. The van der Waals surface area contributed by atoms with Gasteiger partial charge in [-0.1, -0.05) is 21.4 Å². The van der Waals surface area contributed by atoms with Crippen molar-refractivity contribution in [1.82, 2.24) is 3.71 Å². The van der Waals surface area contributed by atoms with E-state index in [0.29, 0.717) is 0 Å². The summed E-state index contributed by atoms with van der Waals surface area (Å²) < 4.78 is 40.9. The lowest BCUT2D eigenvalue weighted by atomic mass is 10.2. The van der Waals surface area contributed by atoms with E-state index < -0.39 is 21.3 Å². The number of rotatable bonds is 2. The van der Waals surface area contributed by atoms with E-state index >= 15 is 0 Å². The molecule has 1 aliphatic rings. The summed E-state index contributed by atoms with van der Waals surface area (Å²) in [4.78, 5) is 0.136. The van der Waals surface area contributed by atoms with Crippen molar-refractivity contribution in [2.45, 2.75) is 11.8 Å². The van der Waals surface area contributed by atoms with E-state index in [2.05, 4.69) is 0 Å². The van der Waals surface area contributed by atoms with Crippen molar-refractivity contribution in [1.29, 1.82) is 0 Å². The quantitative estimate of drug-likeness (QED) is 0.782. The minimum atomic E-state index is -3.70. The van der Waals surface area contributed by atoms with Gasteiger partial charge < -0.3 is 0 Å². The summed E-state index contributed by atoms with van der Waals surface area (Å²) in [5.41, 5.74) is 0.970. The van der Waals surface area contributed by atoms with Gasteiger partial charge in [0.15, 0.2) is 0 Å². The third kappa shape index (κ3) is 2.03. The molecule has 0 saturated carbocycles. The molecule has 1 saturated heterocycles. The maximum absolute atomic E-state index is 12.0. The molecule has 1 atom stereocenters. The van der Waals surface area contributed by atoms with Crippen LogP contribution in [0, 0.1) is 6.92 Å². The Labute approximate surface area is 96.9 Å². The molecule has 7 heteroatoms. The molecule has 2 rings (SSSR count).